The Morgan fingerprint density at radius 1 is 0.477 bits per heavy atom. The second kappa shape index (κ2) is 10.6. The minimum Gasteiger partial charge on any atom is -0.453 e. The topological polar surface area (TPSA) is 63.0 Å². The van der Waals surface area contributed by atoms with Crippen LogP contribution in [0.2, 0.25) is 0 Å². The Hall–Kier alpha value is -6.14. The third-order valence-corrected chi connectivity index (χ3v) is 7.84. The molecule has 0 radical (unpaired) electrons. The zero-order valence-corrected chi connectivity index (χ0v) is 23.7. The first-order chi connectivity index (χ1) is 21.7. The first-order valence-electron chi connectivity index (χ1n) is 14.5. The lowest BCUT2D eigenvalue weighted by Gasteiger charge is -2.32. The molecule has 6 aromatic carbocycles. The molecule has 0 saturated carbocycles. The average molecular weight is 573 g/mol. The molecule has 6 nitrogen and oxygen atoms in total. The van der Waals surface area contributed by atoms with Crippen molar-refractivity contribution in [2.24, 2.45) is 5.73 Å². The third kappa shape index (κ3) is 4.46. The number of nitrogens with two attached hydrogens (primary N) is 1. The van der Waals surface area contributed by atoms with E-state index in [1.165, 1.54) is 0 Å². The van der Waals surface area contributed by atoms with Gasteiger partial charge in [0.25, 0.3) is 0 Å². The highest BCUT2D eigenvalue weighted by molar-refractivity contribution is 5.88. The van der Waals surface area contributed by atoms with Crippen molar-refractivity contribution in [2.45, 2.75) is 0 Å². The quantitative estimate of drug-likeness (QED) is 0.214. The van der Waals surface area contributed by atoms with Gasteiger partial charge in [-0.1, -0.05) is 60.7 Å². The number of hydrogen-bond donors (Lipinski definition) is 2. The Balaban J connectivity index is 1.02. The van der Waals surface area contributed by atoms with Gasteiger partial charge in [-0.3, -0.25) is 0 Å². The molecule has 0 saturated heterocycles. The van der Waals surface area contributed by atoms with Crippen molar-refractivity contribution in [3.05, 3.63) is 157 Å². The van der Waals surface area contributed by atoms with Gasteiger partial charge >= 0.3 is 0 Å². The fraction of sp³-hybridized carbons (Fsp3) is 0. The summed E-state index contributed by atoms with van der Waals surface area (Å²) < 4.78 is 12.3. The smallest absolute Gasteiger partial charge is 0.151 e. The summed E-state index contributed by atoms with van der Waals surface area (Å²) in [5.41, 5.74) is 15.1. The number of benzene rings is 6. The van der Waals surface area contributed by atoms with E-state index < -0.39 is 0 Å². The molecule has 0 aliphatic carbocycles. The Morgan fingerprint density at radius 2 is 0.841 bits per heavy atom. The van der Waals surface area contributed by atoms with Crippen molar-refractivity contribution in [3.63, 3.8) is 0 Å². The van der Waals surface area contributed by atoms with Gasteiger partial charge in [0.1, 0.15) is 0 Å². The maximum absolute atomic E-state index is 6.52. The van der Waals surface area contributed by atoms with Crippen LogP contribution in [0.3, 0.4) is 0 Å². The lowest BCUT2D eigenvalue weighted by Crippen LogP contribution is -2.15. The van der Waals surface area contributed by atoms with Crippen LogP contribution >= 0.6 is 0 Å². The first kappa shape index (κ1) is 25.6. The molecule has 2 heterocycles. The van der Waals surface area contributed by atoms with E-state index in [0.29, 0.717) is 5.70 Å². The number of hydrogen-bond acceptors (Lipinski definition) is 6. The van der Waals surface area contributed by atoms with E-state index in [9.17, 15) is 0 Å². The Labute approximate surface area is 255 Å². The second-order valence-electron chi connectivity index (χ2n) is 10.6. The number of nitrogens with one attached hydrogen (secondary N) is 1. The number of nitrogens with zero attached hydrogens (tertiary/aromatic N) is 2. The molecule has 6 heteroatoms. The molecule has 0 amide bonds. The summed E-state index contributed by atoms with van der Waals surface area (Å²) in [6.07, 6.45) is 1.84. The van der Waals surface area contributed by atoms with E-state index in [0.717, 1.165) is 68.4 Å². The second-order valence-corrected chi connectivity index (χ2v) is 10.6. The Morgan fingerprint density at radius 3 is 1.25 bits per heavy atom. The summed E-state index contributed by atoms with van der Waals surface area (Å²) in [7, 11) is 0. The summed E-state index contributed by atoms with van der Waals surface area (Å²) >= 11 is 0. The molecule has 44 heavy (non-hydrogen) atoms. The molecular formula is C38H28N4O2. The van der Waals surface area contributed by atoms with Crippen LogP contribution < -0.4 is 30.3 Å². The number of para-hydroxylation sites is 8. The van der Waals surface area contributed by atoms with E-state index in [1.54, 1.807) is 0 Å². The monoisotopic (exact) mass is 572 g/mol. The molecule has 8 rings (SSSR count). The fourth-order valence-electron chi connectivity index (χ4n) is 5.72. The Bertz CT molecular complexity index is 1930. The molecule has 0 atom stereocenters. The Kier molecular flexibility index (Phi) is 6.16. The van der Waals surface area contributed by atoms with Gasteiger partial charge in [-0.25, -0.2) is 0 Å². The lowest BCUT2D eigenvalue weighted by atomic mass is 10.1. The minimum atomic E-state index is 0.638. The number of ether oxygens (including phenoxy) is 2. The lowest BCUT2D eigenvalue weighted by molar-refractivity contribution is 0.477. The van der Waals surface area contributed by atoms with Gasteiger partial charge in [0.05, 0.1) is 28.4 Å². The standard InChI is InChI=1S/C38H28N4O2/c39-30(26-17-21-28(22-18-26)41-31-9-1-5-13-35(31)43-36-14-6-2-10-32(36)41)25-40-27-19-23-29(24-20-27)42-33-11-3-7-15-37(33)44-38-16-8-4-12-34(38)42/h1-25,40H,39H2/b30-25-. The molecule has 0 aromatic heterocycles. The van der Waals surface area contributed by atoms with E-state index >= 15 is 0 Å². The van der Waals surface area contributed by atoms with Crippen LogP contribution in [-0.2, 0) is 0 Å². The summed E-state index contributed by atoms with van der Waals surface area (Å²) in [5, 5.41) is 3.36. The van der Waals surface area contributed by atoms with Crippen molar-refractivity contribution in [2.75, 3.05) is 15.1 Å². The van der Waals surface area contributed by atoms with Gasteiger partial charge in [-0.05, 0) is 90.5 Å². The third-order valence-electron chi connectivity index (χ3n) is 7.84. The molecule has 6 aromatic rings. The molecule has 2 aliphatic heterocycles. The van der Waals surface area contributed by atoms with Crippen molar-refractivity contribution in [1.29, 1.82) is 0 Å². The van der Waals surface area contributed by atoms with E-state index in [-0.39, 0.29) is 0 Å². The van der Waals surface area contributed by atoms with Gasteiger partial charge in [0, 0.05) is 23.3 Å². The van der Waals surface area contributed by atoms with Crippen LogP contribution in [0.1, 0.15) is 5.56 Å². The first-order valence-corrected chi connectivity index (χ1v) is 14.5. The van der Waals surface area contributed by atoms with Crippen molar-refractivity contribution in [3.8, 4) is 23.0 Å². The molecule has 0 bridgehead atoms. The number of fused-ring (bicyclic) bond motifs is 4. The maximum atomic E-state index is 6.52. The van der Waals surface area contributed by atoms with Crippen LogP contribution in [0.5, 0.6) is 23.0 Å². The minimum absolute atomic E-state index is 0.638. The van der Waals surface area contributed by atoms with Crippen LogP contribution in [0.15, 0.2) is 152 Å². The van der Waals surface area contributed by atoms with Crippen LogP contribution in [0.25, 0.3) is 5.70 Å². The zero-order chi connectivity index (χ0) is 29.5. The van der Waals surface area contributed by atoms with Crippen LogP contribution in [-0.4, -0.2) is 0 Å². The van der Waals surface area contributed by atoms with Crippen molar-refractivity contribution in [1.82, 2.24) is 0 Å². The number of anilines is 7. The van der Waals surface area contributed by atoms with Gasteiger partial charge in [0.2, 0.25) is 0 Å². The molecule has 3 N–H and O–H groups in total. The van der Waals surface area contributed by atoms with Crippen LogP contribution in [0, 0.1) is 0 Å². The van der Waals surface area contributed by atoms with Gasteiger partial charge < -0.3 is 30.3 Å². The average Bonchev–Trinajstić information content (AvgIpc) is 3.09. The summed E-state index contributed by atoms with van der Waals surface area (Å²) in [6.45, 7) is 0. The normalized spacial score (nSPS) is 13.0. The predicted molar refractivity (Wildman–Crippen MR) is 178 cm³/mol. The molecule has 0 spiro atoms. The fourth-order valence-corrected chi connectivity index (χ4v) is 5.72. The van der Waals surface area contributed by atoms with E-state index in [4.69, 9.17) is 15.2 Å². The van der Waals surface area contributed by atoms with Crippen molar-refractivity contribution >= 4 is 45.5 Å². The highest BCUT2D eigenvalue weighted by Gasteiger charge is 2.26. The highest BCUT2D eigenvalue weighted by Crippen LogP contribution is 2.51. The SMILES string of the molecule is N/C(=C\Nc1ccc(N2c3ccccc3Oc3ccccc32)cc1)c1ccc(N2c3ccccc3Oc3ccccc32)cc1. The molecule has 0 unspecified atom stereocenters. The molecule has 0 fully saturated rings. The van der Waals surface area contributed by atoms with E-state index in [1.807, 2.05) is 91.1 Å². The van der Waals surface area contributed by atoms with Gasteiger partial charge in [-0.15, -0.1) is 0 Å². The zero-order valence-electron chi connectivity index (χ0n) is 23.7. The summed E-state index contributed by atoms with van der Waals surface area (Å²) in [4.78, 5) is 4.43. The van der Waals surface area contributed by atoms with Crippen LogP contribution in [0.4, 0.5) is 39.8 Å². The van der Waals surface area contributed by atoms with E-state index in [2.05, 4.69) is 75.8 Å². The summed E-state index contributed by atoms with van der Waals surface area (Å²) in [5.74, 6) is 3.31. The van der Waals surface area contributed by atoms with Gasteiger partial charge in [0.15, 0.2) is 23.0 Å². The molecule has 212 valence electrons. The highest BCUT2D eigenvalue weighted by atomic mass is 16.5. The predicted octanol–water partition coefficient (Wildman–Crippen LogP) is 10.2. The largest absolute Gasteiger partial charge is 0.453 e. The molecule has 2 aliphatic rings. The van der Waals surface area contributed by atoms with Gasteiger partial charge in [-0.2, -0.15) is 0 Å². The summed E-state index contributed by atoms with van der Waals surface area (Å²) in [6, 6.07) is 48.8. The number of rotatable bonds is 5. The van der Waals surface area contributed by atoms with Crippen molar-refractivity contribution < 1.29 is 9.47 Å². The maximum Gasteiger partial charge on any atom is 0.151 e. The molecular weight excluding hydrogens is 544 g/mol.